The minimum absolute atomic E-state index is 0.00334. The monoisotopic (exact) mass is 1930 g/mol. The molecule has 0 aliphatic carbocycles. The molecule has 7 fully saturated rings. The maximum absolute atomic E-state index is 12.4. The van der Waals surface area contributed by atoms with Gasteiger partial charge in [-0.2, -0.15) is 4.39 Å². The van der Waals surface area contributed by atoms with E-state index in [4.69, 9.17) is 68.9 Å². The van der Waals surface area contributed by atoms with Crippen molar-refractivity contribution < 1.29 is 117 Å². The van der Waals surface area contributed by atoms with Crippen molar-refractivity contribution >= 4 is 74.0 Å². The lowest BCUT2D eigenvalue weighted by Gasteiger charge is -2.33. The van der Waals surface area contributed by atoms with E-state index in [0.29, 0.717) is 123 Å². The number of nitrogens with one attached hydrogen (secondary N) is 2. The number of hydrogen-bond donors (Lipinski definition) is 7. The van der Waals surface area contributed by atoms with Gasteiger partial charge in [-0.3, -0.25) is 14.5 Å². The summed E-state index contributed by atoms with van der Waals surface area (Å²) in [6, 6.07) is 7.93. The molecule has 0 saturated carbocycles. The number of Topliss-reactive ketones (excluding diaryl/α,β-unsaturated/α-hetero) is 2. The van der Waals surface area contributed by atoms with Crippen LogP contribution in [-0.2, 0) is 77.0 Å². The van der Waals surface area contributed by atoms with Crippen molar-refractivity contribution in [2.75, 3.05) is 104 Å². The molecule has 40 nitrogen and oxygen atoms in total. The van der Waals surface area contributed by atoms with Crippen molar-refractivity contribution in [2.45, 2.75) is 379 Å². The lowest BCUT2D eigenvalue weighted by molar-refractivity contribution is -0.117. The molecule has 133 heavy (non-hydrogen) atoms. The number of likely N-dealkylation sites (tertiary alicyclic amines) is 6. The van der Waals surface area contributed by atoms with Crippen LogP contribution in [0.2, 0.25) is 0 Å². The van der Waals surface area contributed by atoms with Crippen LogP contribution in [-0.4, -0.2) is 316 Å². The van der Waals surface area contributed by atoms with E-state index in [9.17, 15) is 64.7 Å². The zero-order valence-corrected chi connectivity index (χ0v) is 86.8. The van der Waals surface area contributed by atoms with Gasteiger partial charge in [-0.05, 0) is 283 Å². The third-order valence-corrected chi connectivity index (χ3v) is 21.9. The van der Waals surface area contributed by atoms with Crippen molar-refractivity contribution in [3.05, 3.63) is 52.8 Å². The van der Waals surface area contributed by atoms with Crippen LogP contribution in [0.5, 0.6) is 0 Å². The number of halogens is 1. The Morgan fingerprint density at radius 1 is 0.481 bits per heavy atom. The molecule has 5 unspecified atom stereocenters. The molecule has 43 heteroatoms. The molecule has 0 bridgehead atoms. The minimum Gasteiger partial charge on any atom is -0.444 e. The van der Waals surface area contributed by atoms with E-state index in [0.717, 1.165) is 31.4 Å². The van der Waals surface area contributed by atoms with E-state index in [1.54, 1.807) is 36.6 Å². The third kappa shape index (κ3) is 46.0. The fraction of sp³-hybridized carbons (Fsp3) is 0.800. The molecule has 0 spiro atoms. The van der Waals surface area contributed by atoms with Gasteiger partial charge in [-0.25, -0.2) is 65.8 Å². The Morgan fingerprint density at radius 2 is 0.805 bits per heavy atom. The molecule has 10 N–H and O–H groups in total. The Balaban J connectivity index is 0.000000525. The zero-order valence-electron chi connectivity index (χ0n) is 85.1. The van der Waals surface area contributed by atoms with Crippen LogP contribution in [0.25, 0.3) is 10.4 Å². The fourth-order valence-electron chi connectivity index (χ4n) is 14.6. The Bertz CT molecular complexity index is 4350. The highest BCUT2D eigenvalue weighted by molar-refractivity contribution is 7.89. The first kappa shape index (κ1) is 121. The normalized spacial score (nSPS) is 21.4. The first-order valence-corrected chi connectivity index (χ1v) is 47.8. The van der Waals surface area contributed by atoms with Gasteiger partial charge in [0.2, 0.25) is 5.95 Å². The molecular formula is C90H161FN16O24S2. The predicted molar refractivity (Wildman–Crippen MR) is 501 cm³/mol. The Morgan fingerprint density at radius 3 is 1.08 bits per heavy atom. The molecule has 2 aromatic rings. The van der Waals surface area contributed by atoms with Crippen LogP contribution < -0.4 is 26.6 Å². The largest absolute Gasteiger partial charge is 0.444 e. The molecule has 9 rings (SSSR count). The maximum Gasteiger partial charge on any atom is 0.411 e. The molecule has 7 aliphatic heterocycles. The highest BCUT2D eigenvalue weighted by atomic mass is 32.2. The number of sulfonamides is 2. The quantitative estimate of drug-likeness (QED) is 0.0193. The van der Waals surface area contributed by atoms with Gasteiger partial charge in [0, 0.05) is 76.2 Å². The van der Waals surface area contributed by atoms with E-state index in [-0.39, 0.29) is 112 Å². The number of carbonyl (C=O) groups is 8. The Hall–Kier alpha value is -8.20. The van der Waals surface area contributed by atoms with Gasteiger partial charge in [0.25, 0.3) is 20.0 Å². The number of hydrogen-bond acceptors (Lipinski definition) is 30. The highest BCUT2D eigenvalue weighted by Gasteiger charge is 2.49. The number of rotatable bonds is 17. The number of carbonyl (C=O) groups excluding carboxylic acids is 8. The average molecular weight is 1930 g/mol. The molecule has 7 saturated heterocycles. The number of aliphatic hydroxyl groups is 2. The Kier molecular flexibility index (Phi) is 44.7. The Labute approximate surface area is 789 Å². The second-order valence-corrected chi connectivity index (χ2v) is 46.9. The predicted octanol–water partition coefficient (Wildman–Crippen LogP) is 12.5. The number of nitrogens with zero attached hydrogens (tertiary/aromatic N) is 11. The summed E-state index contributed by atoms with van der Waals surface area (Å²) in [5.74, 6) is -0.0466. The van der Waals surface area contributed by atoms with Crippen molar-refractivity contribution in [3.8, 4) is 0 Å². The molecule has 0 aromatic carbocycles. The lowest BCUT2D eigenvalue weighted by Crippen LogP contribution is -2.45. The summed E-state index contributed by atoms with van der Waals surface area (Å²) in [5.41, 5.74) is 8.77. The fourth-order valence-corrected chi connectivity index (χ4v) is 15.5. The third-order valence-electron chi connectivity index (χ3n) is 20.3. The molecular weight excluding hydrogens is 1770 g/mol. The molecule has 764 valence electrons. The standard InChI is InChI=1S/C18H30N4O5S.C13H24N4O3.C13H26N2O3.C13H25NO4.C11H21NO3.C11H19NO3.C6H11NO.C5H5FN2O2S/c1-17(2,3)27-16(23)22-12-13(11-18(22,4)5)26-10-9-20-14-7-6-8-15(21-14)28(19,24)25;1-12(2,3)20-11(18)17-9-10(8-13(17,4)5)19-7-6-15-16-14;1-12(2,3)18-11(16)15-9-10(17-7-6-14)8-13(15,4)5;1-12(2,3)18-11(16)14-9-10(17-7-6-15)8-13(14,4)5;2*1-10(2,3)15-9(14)12-7-8(13)6-11(12,4)5;1-6(2)3-5(8)4-7-6;6-4-2-1-3-5(8-4)11(7,9)10/h6-8,13H,9-12H2,1-5H3,(H,20,21)(H2,19,24,25);10H,6-9H2,1-5H3;10H,6-9,14H2,1-5H3;10,15H,6-9H2,1-5H3;8,13H,6-7H2,1-5H3;6-7H2,1-5H3;7H,3-4H2,1-2H3;1-3H,(H2,7,9,10). The first-order valence-electron chi connectivity index (χ1n) is 44.8. The van der Waals surface area contributed by atoms with Crippen LogP contribution in [0, 0.1) is 5.95 Å². The van der Waals surface area contributed by atoms with E-state index >= 15 is 0 Å². The van der Waals surface area contributed by atoms with Crippen molar-refractivity contribution in [2.24, 2.45) is 21.1 Å². The summed E-state index contributed by atoms with van der Waals surface area (Å²) in [4.78, 5) is 114. The van der Waals surface area contributed by atoms with Crippen LogP contribution in [0.15, 0.2) is 51.6 Å². The highest BCUT2D eigenvalue weighted by Crippen LogP contribution is 2.38. The summed E-state index contributed by atoms with van der Waals surface area (Å²) in [6.07, 6.45) is 2.16. The summed E-state index contributed by atoms with van der Waals surface area (Å²) in [7, 11) is -7.72. The number of azide groups is 1. The van der Waals surface area contributed by atoms with E-state index in [2.05, 4.69) is 35.8 Å². The van der Waals surface area contributed by atoms with E-state index in [1.165, 1.54) is 17.0 Å². The molecule has 7 aliphatic rings. The van der Waals surface area contributed by atoms with Crippen molar-refractivity contribution in [1.82, 2.24) is 44.7 Å². The number of ketones is 2. The van der Waals surface area contributed by atoms with Crippen molar-refractivity contribution in [1.29, 1.82) is 0 Å². The minimum atomic E-state index is -3.88. The summed E-state index contributed by atoms with van der Waals surface area (Å²) in [5, 5.41) is 36.9. The summed E-state index contributed by atoms with van der Waals surface area (Å²) in [6.45, 7) is 66.9. The topological polar surface area (TPSA) is 534 Å². The van der Waals surface area contributed by atoms with Gasteiger partial charge in [0.15, 0.2) is 15.8 Å². The van der Waals surface area contributed by atoms with Crippen molar-refractivity contribution in [3.63, 3.8) is 0 Å². The van der Waals surface area contributed by atoms with Crippen LogP contribution in [0.4, 0.5) is 39.0 Å². The zero-order chi connectivity index (χ0) is 103. The summed E-state index contributed by atoms with van der Waals surface area (Å²) >= 11 is 0. The van der Waals surface area contributed by atoms with Crippen LogP contribution in [0.3, 0.4) is 0 Å². The molecule has 9 heterocycles. The SMILES string of the molecule is CC(C)(C)OC(=O)N1CC(=O)CC1(C)C.CC(C)(C)OC(=O)N1CC(O)CC1(C)C.CC(C)(C)OC(=O)N1CC(OCCN)CC1(C)C.CC(C)(C)OC(=O)N1CC(OCCN=[N+]=[N-])CC1(C)C.CC(C)(C)OC(=O)N1CC(OCCNc2cccc(S(N)(=O)=O)n2)CC1(C)C.CC(C)(C)OC(=O)N1CC(OCCO)CC1(C)C.CC1(C)CC(=O)CN1.NS(=O)(=O)c1cccc(F)n1. The van der Waals surface area contributed by atoms with Gasteiger partial charge in [0.05, 0.1) is 109 Å². The van der Waals surface area contributed by atoms with E-state index in [1.807, 2.05) is 222 Å². The van der Waals surface area contributed by atoms with Gasteiger partial charge in [-0.15, -0.1) is 0 Å². The smallest absolute Gasteiger partial charge is 0.411 e. The summed E-state index contributed by atoms with van der Waals surface area (Å²) < 4.78 is 111. The van der Waals surface area contributed by atoms with Crippen LogP contribution in [0.1, 0.15) is 267 Å². The number of pyridine rings is 2. The van der Waals surface area contributed by atoms with Gasteiger partial charge >= 0.3 is 36.6 Å². The first-order chi connectivity index (χ1) is 60.1. The molecule has 5 atom stereocenters. The molecule has 6 amide bonds. The molecule has 0 radical (unpaired) electrons. The number of anilines is 1. The lowest BCUT2D eigenvalue weighted by atomic mass is 10.0. The van der Waals surface area contributed by atoms with Crippen LogP contribution >= 0.6 is 0 Å². The second-order valence-electron chi connectivity index (χ2n) is 43.9. The average Bonchev–Trinajstić information content (AvgIpc) is 1.67. The van der Waals surface area contributed by atoms with Gasteiger partial charge in [0.1, 0.15) is 45.2 Å². The maximum atomic E-state index is 12.4. The number of primary sulfonamides is 2. The number of aliphatic hydroxyl groups excluding tert-OH is 2. The molecule has 2 aromatic heterocycles. The van der Waals surface area contributed by atoms with E-state index < -0.39 is 82.4 Å². The number of ether oxygens (including phenoxy) is 10. The second kappa shape index (κ2) is 49.2. The number of amides is 6. The number of β-amino-alcohol motifs (C(OH)–C–C–N with tert-alkyl or cyclic N) is 1. The number of aromatic nitrogens is 2. The number of nitrogens with two attached hydrogens (primary N) is 3. The van der Waals surface area contributed by atoms with Gasteiger partial charge in [-0.1, -0.05) is 17.2 Å². The van der Waals surface area contributed by atoms with Gasteiger partial charge < -0.3 is 98.4 Å².